The third kappa shape index (κ3) is 7.46. The number of carbonyl (C=O) groups is 1. The molecule has 1 aliphatic carbocycles. The van der Waals surface area contributed by atoms with E-state index in [1.807, 2.05) is 19.9 Å². The van der Waals surface area contributed by atoms with Gasteiger partial charge in [0.2, 0.25) is 0 Å². The van der Waals surface area contributed by atoms with Crippen molar-refractivity contribution in [1.29, 1.82) is 5.26 Å². The minimum Gasteiger partial charge on any atom is -0.492 e. The smallest absolute Gasteiger partial charge is 0.350 e. The molecule has 0 aromatic heterocycles. The van der Waals surface area contributed by atoms with E-state index in [9.17, 15) is 10.1 Å². The monoisotopic (exact) mass is 531 g/mol. The summed E-state index contributed by atoms with van der Waals surface area (Å²) in [5, 5.41) is 9.79. The third-order valence-corrected chi connectivity index (χ3v) is 10.3. The van der Waals surface area contributed by atoms with Crippen LogP contribution in [0.15, 0.2) is 31.7 Å². The maximum Gasteiger partial charge on any atom is 0.350 e. The maximum absolute atomic E-state index is 12.7. The number of thioether (sulfide) groups is 2. The fourth-order valence-corrected chi connectivity index (χ4v) is 7.46. The largest absolute Gasteiger partial charge is 0.492 e. The van der Waals surface area contributed by atoms with Crippen molar-refractivity contribution in [2.24, 2.45) is 17.8 Å². The second-order valence-electron chi connectivity index (χ2n) is 10.7. The van der Waals surface area contributed by atoms with Gasteiger partial charge in [-0.25, -0.2) is 4.79 Å². The fourth-order valence-electron chi connectivity index (χ4n) is 4.81. The first kappa shape index (κ1) is 28.9. The first-order chi connectivity index (χ1) is 17.2. The molecule has 1 aromatic carbocycles. The number of fused-ring (bicyclic) bond motifs is 1. The number of nitriles is 1. The van der Waals surface area contributed by atoms with Gasteiger partial charge in [0.05, 0.1) is 27.9 Å². The predicted molar refractivity (Wildman–Crippen MR) is 147 cm³/mol. The summed E-state index contributed by atoms with van der Waals surface area (Å²) in [5.74, 6) is 2.41. The number of hydrogen-bond donors (Lipinski definition) is 0. The lowest BCUT2D eigenvalue weighted by molar-refractivity contribution is -0.140. The predicted octanol–water partition coefficient (Wildman–Crippen LogP) is 7.91. The summed E-state index contributed by atoms with van der Waals surface area (Å²) in [5.41, 5.74) is 0.785. The van der Waals surface area contributed by atoms with Crippen LogP contribution < -0.4 is 4.74 Å². The SMILES string of the molecule is CCCC(COc1ccc(C)c2c1S/C(=C(\C#N)C(=O)OCCC(C)(C)OC)S2)C1CCC(C)CC1. The molecule has 0 N–H and O–H groups in total. The number of nitrogens with zero attached hydrogens (tertiary/aromatic N) is 1. The Balaban J connectivity index is 1.71. The van der Waals surface area contributed by atoms with Gasteiger partial charge >= 0.3 is 5.97 Å². The number of ether oxygens (including phenoxy) is 3. The molecule has 3 rings (SSSR count). The zero-order valence-corrected chi connectivity index (χ0v) is 24.3. The lowest BCUT2D eigenvalue weighted by Gasteiger charge is -2.32. The number of rotatable bonds is 11. The van der Waals surface area contributed by atoms with Crippen LogP contribution in [0, 0.1) is 36.0 Å². The molecule has 1 aromatic rings. The van der Waals surface area contributed by atoms with Gasteiger partial charge in [0.1, 0.15) is 11.8 Å². The van der Waals surface area contributed by atoms with E-state index in [2.05, 4.69) is 32.9 Å². The Morgan fingerprint density at radius 1 is 1.19 bits per heavy atom. The molecule has 1 heterocycles. The molecule has 1 aliphatic heterocycles. The highest BCUT2D eigenvalue weighted by Gasteiger charge is 2.31. The van der Waals surface area contributed by atoms with E-state index in [0.29, 0.717) is 16.6 Å². The number of esters is 1. The van der Waals surface area contributed by atoms with Crippen molar-refractivity contribution in [2.75, 3.05) is 20.3 Å². The first-order valence-electron chi connectivity index (χ1n) is 13.2. The molecule has 36 heavy (non-hydrogen) atoms. The van der Waals surface area contributed by atoms with E-state index in [1.165, 1.54) is 62.0 Å². The summed E-state index contributed by atoms with van der Waals surface area (Å²) >= 11 is 2.92. The van der Waals surface area contributed by atoms with Crippen LogP contribution in [-0.4, -0.2) is 31.9 Å². The van der Waals surface area contributed by atoms with E-state index < -0.39 is 5.97 Å². The van der Waals surface area contributed by atoms with E-state index in [1.54, 1.807) is 7.11 Å². The standard InChI is InChI=1S/C29H41NO4S2/c1-7-8-22(21-12-9-19(2)10-13-21)18-34-24-14-11-20(3)25-26(24)36-28(35-25)23(17-30)27(31)33-16-15-29(4,5)32-6/h11,14,19,21-22H,7-10,12-13,15-16,18H2,1-6H3/b28-23+. The van der Waals surface area contributed by atoms with E-state index in [4.69, 9.17) is 14.2 Å². The molecular weight excluding hydrogens is 490 g/mol. The third-order valence-electron chi connectivity index (χ3n) is 7.51. The van der Waals surface area contributed by atoms with Crippen LogP contribution in [0.5, 0.6) is 5.75 Å². The Hall–Kier alpha value is -1.62. The van der Waals surface area contributed by atoms with Crippen molar-refractivity contribution in [3.63, 3.8) is 0 Å². The van der Waals surface area contributed by atoms with E-state index >= 15 is 0 Å². The van der Waals surface area contributed by atoms with Gasteiger partial charge in [-0.2, -0.15) is 5.26 Å². The molecule has 7 heteroatoms. The highest BCUT2D eigenvalue weighted by molar-refractivity contribution is 8.24. The van der Waals surface area contributed by atoms with Crippen LogP contribution >= 0.6 is 23.5 Å². The summed E-state index contributed by atoms with van der Waals surface area (Å²) in [6, 6.07) is 6.19. The molecule has 2 aliphatic rings. The van der Waals surface area contributed by atoms with Crippen molar-refractivity contribution in [3.05, 3.63) is 27.5 Å². The van der Waals surface area contributed by atoms with Crippen molar-refractivity contribution in [1.82, 2.24) is 0 Å². The summed E-state index contributed by atoms with van der Waals surface area (Å²) in [7, 11) is 1.63. The van der Waals surface area contributed by atoms with Gasteiger partial charge in [-0.3, -0.25) is 0 Å². The van der Waals surface area contributed by atoms with Crippen LogP contribution in [-0.2, 0) is 14.3 Å². The summed E-state index contributed by atoms with van der Waals surface area (Å²) in [6.07, 6.45) is 8.15. The van der Waals surface area contributed by atoms with Crippen LogP contribution in [0.2, 0.25) is 0 Å². The average Bonchev–Trinajstić information content (AvgIpc) is 3.30. The number of hydrogen-bond acceptors (Lipinski definition) is 7. The normalized spacial score (nSPS) is 21.9. The van der Waals surface area contributed by atoms with Gasteiger partial charge in [0, 0.05) is 18.4 Å². The molecular formula is C29H41NO4S2. The Kier molecular flexibility index (Phi) is 10.7. The lowest BCUT2D eigenvalue weighted by Crippen LogP contribution is -2.25. The van der Waals surface area contributed by atoms with Crippen molar-refractivity contribution in [2.45, 2.75) is 95.0 Å². The minimum atomic E-state index is -0.582. The zero-order valence-electron chi connectivity index (χ0n) is 22.6. The van der Waals surface area contributed by atoms with Gasteiger partial charge in [-0.05, 0) is 69.4 Å². The number of aryl methyl sites for hydroxylation is 1. The molecule has 0 bridgehead atoms. The molecule has 1 fully saturated rings. The van der Waals surface area contributed by atoms with E-state index in [-0.39, 0.29) is 17.8 Å². The quantitative estimate of drug-likeness (QED) is 0.163. The molecule has 0 amide bonds. The van der Waals surface area contributed by atoms with Crippen molar-refractivity contribution in [3.8, 4) is 11.8 Å². The van der Waals surface area contributed by atoms with Crippen LogP contribution in [0.1, 0.15) is 78.2 Å². The fraction of sp³-hybridized carbons (Fsp3) is 0.655. The summed E-state index contributed by atoms with van der Waals surface area (Å²) in [6.45, 7) is 11.5. The Bertz CT molecular complexity index is 990. The van der Waals surface area contributed by atoms with Gasteiger partial charge in [-0.1, -0.05) is 62.7 Å². The van der Waals surface area contributed by atoms with Crippen molar-refractivity contribution >= 4 is 29.5 Å². The van der Waals surface area contributed by atoms with Gasteiger partial charge in [0.15, 0.2) is 5.57 Å². The molecule has 0 radical (unpaired) electrons. The molecule has 0 spiro atoms. The van der Waals surface area contributed by atoms with Crippen molar-refractivity contribution < 1.29 is 19.0 Å². The lowest BCUT2D eigenvalue weighted by atomic mass is 9.75. The second-order valence-corrected chi connectivity index (χ2v) is 13.0. The van der Waals surface area contributed by atoms with Gasteiger partial charge < -0.3 is 14.2 Å². The Morgan fingerprint density at radius 2 is 1.89 bits per heavy atom. The van der Waals surface area contributed by atoms with Gasteiger partial charge in [0.25, 0.3) is 0 Å². The Morgan fingerprint density at radius 3 is 2.53 bits per heavy atom. The number of benzene rings is 1. The highest BCUT2D eigenvalue weighted by Crippen LogP contribution is 2.57. The zero-order chi connectivity index (χ0) is 26.3. The molecule has 1 atom stereocenters. The first-order valence-corrected chi connectivity index (χ1v) is 14.8. The molecule has 198 valence electrons. The minimum absolute atomic E-state index is 0.0574. The topological polar surface area (TPSA) is 68.5 Å². The van der Waals surface area contributed by atoms with Gasteiger partial charge in [-0.15, -0.1) is 0 Å². The van der Waals surface area contributed by atoms with E-state index in [0.717, 1.165) is 39.5 Å². The summed E-state index contributed by atoms with van der Waals surface area (Å²) < 4.78 is 17.9. The molecule has 0 saturated heterocycles. The average molecular weight is 532 g/mol. The molecule has 1 saturated carbocycles. The second kappa shape index (κ2) is 13.3. The van der Waals surface area contributed by atoms with Crippen LogP contribution in [0.3, 0.4) is 0 Å². The van der Waals surface area contributed by atoms with Crippen LogP contribution in [0.4, 0.5) is 0 Å². The Labute approximate surface area is 225 Å². The van der Waals surface area contributed by atoms with Crippen LogP contribution in [0.25, 0.3) is 0 Å². The maximum atomic E-state index is 12.7. The number of carbonyl (C=O) groups excluding carboxylic acids is 1. The number of methoxy groups -OCH3 is 1. The molecule has 5 nitrogen and oxygen atoms in total. The summed E-state index contributed by atoms with van der Waals surface area (Å²) in [4.78, 5) is 14.8. The molecule has 1 unspecified atom stereocenters. The highest BCUT2D eigenvalue weighted by atomic mass is 32.2.